The van der Waals surface area contributed by atoms with Gasteiger partial charge in [-0.1, -0.05) is 53.2 Å². The molecule has 1 atom stereocenters. The van der Waals surface area contributed by atoms with E-state index in [0.717, 1.165) is 23.7 Å². The zero-order valence-corrected chi connectivity index (χ0v) is 15.2. The first-order valence-electron chi connectivity index (χ1n) is 7.41. The largest absolute Gasteiger partial charge is 0.467 e. The molecule has 0 spiro atoms. The number of likely N-dealkylation sites (N-methyl/N-ethyl adjacent to an activating group) is 1. The van der Waals surface area contributed by atoms with Crippen LogP contribution in [0.5, 0.6) is 0 Å². The van der Waals surface area contributed by atoms with Crippen LogP contribution < -0.4 is 0 Å². The first-order valence-corrected chi connectivity index (χ1v) is 8.53. The number of hydrogen-bond acceptors (Lipinski definition) is 3. The van der Waals surface area contributed by atoms with Gasteiger partial charge >= 0.3 is 5.97 Å². The molecule has 0 heterocycles. The Labute approximate surface area is 141 Å². The van der Waals surface area contributed by atoms with Crippen molar-refractivity contribution in [2.24, 2.45) is 0 Å². The maximum absolute atomic E-state index is 12.6. The molecule has 0 aliphatic heterocycles. The molecular weight excluding hydrogens is 346 g/mol. The fourth-order valence-corrected chi connectivity index (χ4v) is 2.35. The Morgan fingerprint density at radius 2 is 1.82 bits per heavy atom. The van der Waals surface area contributed by atoms with Crippen LogP contribution in [0, 0.1) is 0 Å². The number of amides is 1. The highest BCUT2D eigenvalue weighted by atomic mass is 79.9. The molecule has 5 heteroatoms. The lowest BCUT2D eigenvalue weighted by molar-refractivity contribution is -0.151. The van der Waals surface area contributed by atoms with Crippen LogP contribution in [0.1, 0.15) is 32.3 Å². The summed E-state index contributed by atoms with van der Waals surface area (Å²) in [5.41, 5.74) is 0.599. The summed E-state index contributed by atoms with van der Waals surface area (Å²) in [4.78, 5) is 25.6. The van der Waals surface area contributed by atoms with Gasteiger partial charge in [0, 0.05) is 12.4 Å². The normalized spacial score (nSPS) is 15.9. The third kappa shape index (κ3) is 4.09. The second-order valence-electron chi connectivity index (χ2n) is 5.33. The third-order valence-corrected chi connectivity index (χ3v) is 3.93. The maximum Gasteiger partial charge on any atom is 0.328 e. The van der Waals surface area contributed by atoms with Crippen LogP contribution in [0.25, 0.3) is 0 Å². The van der Waals surface area contributed by atoms with Crippen molar-refractivity contribution in [3.8, 4) is 0 Å². The van der Waals surface area contributed by atoms with Gasteiger partial charge in [-0.25, -0.2) is 4.79 Å². The number of alkyl halides is 1. The number of hydrogen-bond donors (Lipinski definition) is 0. The summed E-state index contributed by atoms with van der Waals surface area (Å²) in [6, 6.07) is 9.20. The van der Waals surface area contributed by atoms with E-state index in [9.17, 15) is 9.59 Å². The molecule has 2 rings (SSSR count). The standard InChI is InChI=1S/C15H19NO3.C2H5Br/c1-11(13(17)19-3)16(2)14(18)15(9-10-15)12-7-5-4-6-8-12;1-2-3/h4-8,11H,9-10H2,1-3H3;2H2,1H3/t11-;/m1./s1. The van der Waals surface area contributed by atoms with E-state index < -0.39 is 11.5 Å². The lowest BCUT2D eigenvalue weighted by Gasteiger charge is -2.27. The summed E-state index contributed by atoms with van der Waals surface area (Å²) >= 11 is 3.15. The number of benzene rings is 1. The minimum atomic E-state index is -0.557. The van der Waals surface area contributed by atoms with Crippen LogP contribution in [-0.4, -0.2) is 42.3 Å². The van der Waals surface area contributed by atoms with Gasteiger partial charge in [0.2, 0.25) is 5.91 Å². The molecule has 0 bridgehead atoms. The number of nitrogens with zero attached hydrogens (tertiary/aromatic N) is 1. The van der Waals surface area contributed by atoms with Gasteiger partial charge in [0.25, 0.3) is 0 Å². The minimum Gasteiger partial charge on any atom is -0.467 e. The van der Waals surface area contributed by atoms with E-state index in [1.54, 1.807) is 14.0 Å². The molecule has 1 fully saturated rings. The molecule has 1 aliphatic carbocycles. The lowest BCUT2D eigenvalue weighted by Crippen LogP contribution is -2.45. The summed E-state index contributed by atoms with van der Waals surface area (Å²) < 4.78 is 4.69. The van der Waals surface area contributed by atoms with Crippen molar-refractivity contribution in [3.05, 3.63) is 35.9 Å². The number of ether oxygens (including phenoxy) is 1. The molecule has 1 amide bonds. The summed E-state index contributed by atoms with van der Waals surface area (Å²) in [6.07, 6.45) is 1.68. The van der Waals surface area contributed by atoms with E-state index >= 15 is 0 Å². The van der Waals surface area contributed by atoms with Crippen molar-refractivity contribution in [3.63, 3.8) is 0 Å². The van der Waals surface area contributed by atoms with Crippen LogP contribution in [0.15, 0.2) is 30.3 Å². The Hall–Kier alpha value is -1.36. The molecular formula is C17H24BrNO3. The number of carbonyl (C=O) groups excluding carboxylic acids is 2. The first-order chi connectivity index (χ1) is 10.4. The smallest absolute Gasteiger partial charge is 0.328 e. The van der Waals surface area contributed by atoms with Gasteiger partial charge < -0.3 is 9.64 Å². The fourth-order valence-electron chi connectivity index (χ4n) is 2.35. The highest BCUT2D eigenvalue weighted by Crippen LogP contribution is 2.49. The summed E-state index contributed by atoms with van der Waals surface area (Å²) in [5.74, 6) is -0.392. The predicted molar refractivity (Wildman–Crippen MR) is 91.1 cm³/mol. The number of esters is 1. The van der Waals surface area contributed by atoms with Crippen LogP contribution in [0.2, 0.25) is 0 Å². The molecule has 0 radical (unpaired) electrons. The molecule has 0 unspecified atom stereocenters. The van der Waals surface area contributed by atoms with Gasteiger partial charge in [-0.15, -0.1) is 0 Å². The van der Waals surface area contributed by atoms with Crippen molar-refractivity contribution < 1.29 is 14.3 Å². The second-order valence-corrected chi connectivity index (χ2v) is 6.45. The van der Waals surface area contributed by atoms with Crippen molar-refractivity contribution in [1.82, 2.24) is 4.90 Å². The maximum atomic E-state index is 12.6. The lowest BCUT2D eigenvalue weighted by atomic mass is 9.94. The average Bonchev–Trinajstić information content (AvgIpc) is 3.35. The molecule has 1 aromatic carbocycles. The molecule has 1 aromatic rings. The molecule has 4 nitrogen and oxygen atoms in total. The SMILES string of the molecule is CCBr.COC(=O)[C@@H](C)N(C)C(=O)C1(c2ccccc2)CC1. The van der Waals surface area contributed by atoms with E-state index in [0.29, 0.717) is 0 Å². The van der Waals surface area contributed by atoms with Crippen molar-refractivity contribution in [1.29, 1.82) is 0 Å². The van der Waals surface area contributed by atoms with Crippen LogP contribution in [0.4, 0.5) is 0 Å². The zero-order chi connectivity index (χ0) is 16.8. The van der Waals surface area contributed by atoms with Gasteiger partial charge in [-0.2, -0.15) is 0 Å². The highest BCUT2D eigenvalue weighted by Gasteiger charge is 2.53. The fraction of sp³-hybridized carbons (Fsp3) is 0.529. The summed E-state index contributed by atoms with van der Waals surface area (Å²) in [6.45, 7) is 3.73. The quantitative estimate of drug-likeness (QED) is 0.604. The van der Waals surface area contributed by atoms with E-state index in [1.807, 2.05) is 37.3 Å². The molecule has 0 N–H and O–H groups in total. The Kier molecular flexibility index (Phi) is 7.07. The number of carbonyl (C=O) groups is 2. The summed E-state index contributed by atoms with van der Waals surface area (Å²) in [5, 5.41) is 1.06. The van der Waals surface area contributed by atoms with Crippen molar-refractivity contribution in [2.75, 3.05) is 19.5 Å². The monoisotopic (exact) mass is 369 g/mol. The topological polar surface area (TPSA) is 46.6 Å². The molecule has 0 saturated heterocycles. The minimum absolute atomic E-state index is 0.00315. The van der Waals surface area contributed by atoms with E-state index in [2.05, 4.69) is 20.7 Å². The molecule has 122 valence electrons. The van der Waals surface area contributed by atoms with Gasteiger partial charge in [0.15, 0.2) is 0 Å². The third-order valence-electron chi connectivity index (χ3n) is 3.93. The zero-order valence-electron chi connectivity index (χ0n) is 13.6. The van der Waals surface area contributed by atoms with E-state index in [4.69, 9.17) is 0 Å². The van der Waals surface area contributed by atoms with Gasteiger partial charge in [-0.3, -0.25) is 4.79 Å². The Morgan fingerprint density at radius 1 is 1.32 bits per heavy atom. The second kappa shape index (κ2) is 8.32. The first kappa shape index (κ1) is 18.7. The number of rotatable bonds is 4. The highest BCUT2D eigenvalue weighted by molar-refractivity contribution is 9.09. The van der Waals surface area contributed by atoms with Crippen LogP contribution in [-0.2, 0) is 19.7 Å². The molecule has 1 saturated carbocycles. The predicted octanol–water partition coefficient (Wildman–Crippen LogP) is 3.14. The van der Waals surface area contributed by atoms with Gasteiger partial charge in [0.1, 0.15) is 6.04 Å². The average molecular weight is 370 g/mol. The van der Waals surface area contributed by atoms with Crippen molar-refractivity contribution >= 4 is 27.8 Å². The van der Waals surface area contributed by atoms with Crippen LogP contribution in [0.3, 0.4) is 0 Å². The molecule has 0 aromatic heterocycles. The van der Waals surface area contributed by atoms with Gasteiger partial charge in [-0.05, 0) is 25.3 Å². The van der Waals surface area contributed by atoms with Crippen molar-refractivity contribution in [2.45, 2.75) is 38.1 Å². The summed E-state index contributed by atoms with van der Waals surface area (Å²) in [7, 11) is 2.99. The Bertz CT molecular complexity index is 500. The Morgan fingerprint density at radius 3 is 2.23 bits per heavy atom. The number of methoxy groups -OCH3 is 1. The van der Waals surface area contributed by atoms with E-state index in [-0.39, 0.29) is 11.9 Å². The van der Waals surface area contributed by atoms with Crippen LogP contribution >= 0.6 is 15.9 Å². The Balaban J connectivity index is 0.000000745. The van der Waals surface area contributed by atoms with Gasteiger partial charge in [0.05, 0.1) is 12.5 Å². The van der Waals surface area contributed by atoms with E-state index in [1.165, 1.54) is 12.0 Å². The molecule has 22 heavy (non-hydrogen) atoms. The molecule has 1 aliphatic rings. The number of halogens is 1.